The molecule has 0 unspecified atom stereocenters. The molecule has 3 N–H and O–H groups in total. The molecule has 0 spiro atoms. The van der Waals surface area contributed by atoms with Crippen LogP contribution in [0.3, 0.4) is 0 Å². The van der Waals surface area contributed by atoms with E-state index in [2.05, 4.69) is 26.7 Å². The maximum atomic E-state index is 6.02. The van der Waals surface area contributed by atoms with Crippen molar-refractivity contribution in [3.63, 3.8) is 0 Å². The number of anilines is 1. The molecule has 23 heavy (non-hydrogen) atoms. The van der Waals surface area contributed by atoms with Crippen LogP contribution in [0.2, 0.25) is 5.28 Å². The number of nitrogens with two attached hydrogens (primary N) is 1. The second-order valence-electron chi connectivity index (χ2n) is 4.88. The molecule has 3 aromatic rings. The van der Waals surface area contributed by atoms with E-state index in [-0.39, 0.29) is 36.1 Å². The summed E-state index contributed by atoms with van der Waals surface area (Å²) in [5.74, 6) is 0.791. The van der Waals surface area contributed by atoms with Crippen LogP contribution in [0.5, 0.6) is 0 Å². The van der Waals surface area contributed by atoms with E-state index < -0.39 is 0 Å². The molecule has 0 aromatic carbocycles. The van der Waals surface area contributed by atoms with Gasteiger partial charge in [-0.25, -0.2) is 4.98 Å². The zero-order valence-electron chi connectivity index (χ0n) is 12.3. The molecular weight excluding hydrogens is 395 g/mol. The van der Waals surface area contributed by atoms with Crippen molar-refractivity contribution in [3.05, 3.63) is 38.6 Å². The van der Waals surface area contributed by atoms with Gasteiger partial charge in [0, 0.05) is 15.8 Å². The highest BCUT2D eigenvalue weighted by Crippen LogP contribution is 2.31. The smallest absolute Gasteiger partial charge is 0.224 e. The highest BCUT2D eigenvalue weighted by molar-refractivity contribution is 7.19. The van der Waals surface area contributed by atoms with Gasteiger partial charge in [-0.05, 0) is 42.5 Å². The summed E-state index contributed by atoms with van der Waals surface area (Å²) in [6.45, 7) is 2.74. The van der Waals surface area contributed by atoms with Crippen LogP contribution in [-0.4, -0.2) is 16.0 Å². The number of hydrogen-bond donors (Lipinski definition) is 2. The highest BCUT2D eigenvalue weighted by Gasteiger charge is 2.12. The van der Waals surface area contributed by atoms with Gasteiger partial charge in [-0.15, -0.1) is 47.5 Å². The van der Waals surface area contributed by atoms with Crippen molar-refractivity contribution >= 4 is 75.1 Å². The quantitative estimate of drug-likeness (QED) is 0.595. The van der Waals surface area contributed by atoms with Crippen molar-refractivity contribution in [2.24, 2.45) is 5.73 Å². The Morgan fingerprint density at radius 2 is 2.09 bits per heavy atom. The summed E-state index contributed by atoms with van der Waals surface area (Å²) in [6.07, 6.45) is 0.836. The molecule has 0 amide bonds. The van der Waals surface area contributed by atoms with Gasteiger partial charge in [0.1, 0.15) is 5.82 Å². The fourth-order valence-corrected chi connectivity index (χ4v) is 4.10. The lowest BCUT2D eigenvalue weighted by molar-refractivity contribution is 0.747. The van der Waals surface area contributed by atoms with Crippen molar-refractivity contribution in [2.45, 2.75) is 25.9 Å². The van der Waals surface area contributed by atoms with E-state index in [1.807, 2.05) is 19.1 Å². The van der Waals surface area contributed by atoms with Crippen molar-refractivity contribution in [2.75, 3.05) is 5.32 Å². The molecule has 0 saturated carbocycles. The molecule has 3 heterocycles. The minimum atomic E-state index is 0. The number of nitrogens with one attached hydrogen (secondary N) is 1. The minimum Gasteiger partial charge on any atom is -0.364 e. The largest absolute Gasteiger partial charge is 0.364 e. The van der Waals surface area contributed by atoms with Crippen LogP contribution in [0.4, 0.5) is 5.82 Å². The number of hydrogen-bond acceptors (Lipinski definition) is 6. The molecule has 1 atom stereocenters. The van der Waals surface area contributed by atoms with E-state index in [1.165, 1.54) is 9.75 Å². The summed E-state index contributed by atoms with van der Waals surface area (Å²) in [5.41, 5.74) is 6.75. The molecule has 0 aliphatic rings. The minimum absolute atomic E-state index is 0. The number of thiophene rings is 2. The Morgan fingerprint density at radius 1 is 1.30 bits per heavy atom. The molecule has 0 radical (unpaired) electrons. The zero-order chi connectivity index (χ0) is 14.8. The Hall–Kier alpha value is -0.630. The van der Waals surface area contributed by atoms with Gasteiger partial charge in [0.15, 0.2) is 0 Å². The van der Waals surface area contributed by atoms with Gasteiger partial charge in [0.25, 0.3) is 0 Å². The van der Waals surface area contributed by atoms with E-state index in [9.17, 15) is 0 Å². The number of fused-ring (bicyclic) bond motifs is 1. The first-order chi connectivity index (χ1) is 10.1. The summed E-state index contributed by atoms with van der Waals surface area (Å²) in [7, 11) is 0. The van der Waals surface area contributed by atoms with Crippen LogP contribution in [-0.2, 0) is 13.0 Å². The Bertz CT molecular complexity index is 744. The first-order valence-electron chi connectivity index (χ1n) is 6.59. The third kappa shape index (κ3) is 5.17. The first kappa shape index (κ1) is 20.4. The normalized spacial score (nSPS) is 11.6. The van der Waals surface area contributed by atoms with E-state index in [1.54, 1.807) is 22.7 Å². The van der Waals surface area contributed by atoms with E-state index in [4.69, 9.17) is 17.3 Å². The zero-order valence-corrected chi connectivity index (χ0v) is 16.3. The number of halogens is 3. The monoisotopic (exact) mass is 410 g/mol. The maximum absolute atomic E-state index is 6.02. The average Bonchev–Trinajstić information content (AvgIpc) is 3.03. The maximum Gasteiger partial charge on any atom is 0.224 e. The number of rotatable bonds is 5. The van der Waals surface area contributed by atoms with Crippen molar-refractivity contribution < 1.29 is 0 Å². The molecule has 126 valence electrons. The standard InChI is InChI=1S/C14H15ClN4S2.2ClH/c1-8(16)5-10-6-11-12(21-10)13(19-14(15)18-11)17-7-9-3-2-4-20-9;;/h2-4,6,8H,5,7,16H2,1H3,(H,17,18,19);2*1H/t8-;;/m0../s1. The van der Waals surface area contributed by atoms with Crippen molar-refractivity contribution in [3.8, 4) is 0 Å². The Morgan fingerprint density at radius 3 is 2.74 bits per heavy atom. The molecule has 4 nitrogen and oxygen atoms in total. The lowest BCUT2D eigenvalue weighted by Gasteiger charge is -2.05. The summed E-state index contributed by atoms with van der Waals surface area (Å²) in [4.78, 5) is 11.1. The lowest BCUT2D eigenvalue weighted by atomic mass is 10.2. The van der Waals surface area contributed by atoms with Gasteiger partial charge in [0.2, 0.25) is 5.28 Å². The van der Waals surface area contributed by atoms with Gasteiger partial charge in [-0.1, -0.05) is 6.07 Å². The van der Waals surface area contributed by atoms with Crippen LogP contribution >= 0.6 is 59.1 Å². The summed E-state index contributed by atoms with van der Waals surface area (Å²) < 4.78 is 1.03. The van der Waals surface area contributed by atoms with E-state index in [0.717, 1.165) is 29.0 Å². The molecule has 0 saturated heterocycles. The SMILES string of the molecule is C[C@H](N)Cc1cc2nc(Cl)nc(NCc3cccs3)c2s1.Cl.Cl. The van der Waals surface area contributed by atoms with E-state index in [0.29, 0.717) is 0 Å². The third-order valence-electron chi connectivity index (χ3n) is 2.93. The van der Waals surface area contributed by atoms with E-state index >= 15 is 0 Å². The van der Waals surface area contributed by atoms with Crippen LogP contribution in [0.1, 0.15) is 16.7 Å². The van der Waals surface area contributed by atoms with Gasteiger partial charge >= 0.3 is 0 Å². The second-order valence-corrected chi connectivity index (χ2v) is 7.39. The summed E-state index contributed by atoms with van der Waals surface area (Å²) in [5, 5.41) is 5.68. The molecule has 0 aliphatic carbocycles. The summed E-state index contributed by atoms with van der Waals surface area (Å²) >= 11 is 9.41. The number of aromatic nitrogens is 2. The molecule has 9 heteroatoms. The topological polar surface area (TPSA) is 63.8 Å². The third-order valence-corrected chi connectivity index (χ3v) is 5.13. The fourth-order valence-electron chi connectivity index (χ4n) is 2.07. The Balaban J connectivity index is 0.00000132. The fraction of sp³-hybridized carbons (Fsp3) is 0.286. The number of nitrogens with zero attached hydrogens (tertiary/aromatic N) is 2. The van der Waals surface area contributed by atoms with Gasteiger partial charge < -0.3 is 11.1 Å². The van der Waals surface area contributed by atoms with Gasteiger partial charge in [-0.3, -0.25) is 0 Å². The summed E-state index contributed by atoms with van der Waals surface area (Å²) in [6, 6.07) is 6.31. The van der Waals surface area contributed by atoms with Crippen LogP contribution < -0.4 is 11.1 Å². The van der Waals surface area contributed by atoms with Crippen LogP contribution in [0.15, 0.2) is 23.6 Å². The molecule has 0 bridgehead atoms. The Kier molecular flexibility index (Phi) is 8.00. The predicted molar refractivity (Wildman–Crippen MR) is 106 cm³/mol. The average molecular weight is 412 g/mol. The van der Waals surface area contributed by atoms with Crippen LogP contribution in [0.25, 0.3) is 10.2 Å². The van der Waals surface area contributed by atoms with Crippen molar-refractivity contribution in [1.82, 2.24) is 9.97 Å². The Labute approximate surface area is 160 Å². The molecule has 0 aliphatic heterocycles. The first-order valence-corrected chi connectivity index (χ1v) is 8.67. The molecule has 3 aromatic heterocycles. The van der Waals surface area contributed by atoms with Gasteiger partial charge in [0.05, 0.1) is 16.8 Å². The second kappa shape index (κ2) is 9.01. The lowest BCUT2D eigenvalue weighted by Crippen LogP contribution is -2.16. The predicted octanol–water partition coefficient (Wildman–Crippen LogP) is 4.75. The van der Waals surface area contributed by atoms with Gasteiger partial charge in [-0.2, -0.15) is 4.98 Å². The highest BCUT2D eigenvalue weighted by atomic mass is 35.5. The van der Waals surface area contributed by atoms with Crippen LogP contribution in [0, 0.1) is 0 Å². The molecular formula is C14H17Cl3N4S2. The van der Waals surface area contributed by atoms with Crippen molar-refractivity contribution in [1.29, 1.82) is 0 Å². The molecule has 3 rings (SSSR count). The molecule has 0 fully saturated rings.